The quantitative estimate of drug-likeness (QED) is 0.499. The molecule has 6 rings (SSSR count). The number of nitrogens with one attached hydrogen (secondary N) is 1. The lowest BCUT2D eigenvalue weighted by molar-refractivity contribution is 0.0897. The van der Waals surface area contributed by atoms with Gasteiger partial charge < -0.3 is 9.80 Å². The van der Waals surface area contributed by atoms with Gasteiger partial charge in [0.15, 0.2) is 5.65 Å². The SMILES string of the molecule is CS(=O)(=O)NCC1CCCN(c2cc(-c3cnc4ccc(C(F)F)nn34)cc(N3CC4(CCC4)C3)n2)C1. The summed E-state index contributed by atoms with van der Waals surface area (Å²) in [6, 6.07) is 6.83. The molecule has 5 heterocycles. The minimum Gasteiger partial charge on any atom is -0.356 e. The van der Waals surface area contributed by atoms with Crippen molar-refractivity contribution in [2.75, 3.05) is 48.8 Å². The highest BCUT2D eigenvalue weighted by Gasteiger charge is 2.47. The average molecular weight is 532 g/mol. The highest BCUT2D eigenvalue weighted by atomic mass is 32.2. The van der Waals surface area contributed by atoms with Crippen LogP contribution in [0.25, 0.3) is 16.9 Å². The Morgan fingerprint density at radius 1 is 1.14 bits per heavy atom. The first-order valence-electron chi connectivity index (χ1n) is 12.8. The Labute approximate surface area is 214 Å². The van der Waals surface area contributed by atoms with E-state index in [9.17, 15) is 17.2 Å². The van der Waals surface area contributed by atoms with Gasteiger partial charge in [0.25, 0.3) is 6.43 Å². The highest BCUT2D eigenvalue weighted by molar-refractivity contribution is 7.88. The van der Waals surface area contributed by atoms with Crippen LogP contribution in [-0.4, -0.2) is 67.0 Å². The predicted molar refractivity (Wildman–Crippen MR) is 137 cm³/mol. The normalized spacial score (nSPS) is 21.5. The maximum absolute atomic E-state index is 13.4. The molecule has 0 radical (unpaired) electrons. The molecule has 3 aromatic heterocycles. The number of nitrogens with zero attached hydrogens (tertiary/aromatic N) is 6. The van der Waals surface area contributed by atoms with Crippen LogP contribution in [0.2, 0.25) is 0 Å². The van der Waals surface area contributed by atoms with E-state index in [2.05, 4.69) is 24.6 Å². The molecular formula is C25H31F2N7O2S. The lowest BCUT2D eigenvalue weighted by Crippen LogP contribution is -2.60. The van der Waals surface area contributed by atoms with Gasteiger partial charge in [-0.1, -0.05) is 6.42 Å². The van der Waals surface area contributed by atoms with Crippen molar-refractivity contribution in [3.63, 3.8) is 0 Å². The van der Waals surface area contributed by atoms with Crippen LogP contribution in [-0.2, 0) is 10.0 Å². The Bertz CT molecular complexity index is 1420. The first-order valence-corrected chi connectivity index (χ1v) is 14.7. The summed E-state index contributed by atoms with van der Waals surface area (Å²) in [7, 11) is -3.26. The molecule has 37 heavy (non-hydrogen) atoms. The number of alkyl halides is 2. The first-order chi connectivity index (χ1) is 17.7. The molecule has 1 aliphatic carbocycles. The van der Waals surface area contributed by atoms with Crippen molar-refractivity contribution in [1.29, 1.82) is 0 Å². The summed E-state index contributed by atoms with van der Waals surface area (Å²) in [5.41, 5.74) is 2.07. The van der Waals surface area contributed by atoms with Gasteiger partial charge in [-0.15, -0.1) is 0 Å². The van der Waals surface area contributed by atoms with Gasteiger partial charge in [0.1, 0.15) is 17.3 Å². The third kappa shape index (κ3) is 4.88. The van der Waals surface area contributed by atoms with Crippen LogP contribution in [0.15, 0.2) is 30.5 Å². The molecule has 1 spiro atoms. The van der Waals surface area contributed by atoms with Crippen LogP contribution >= 0.6 is 0 Å². The zero-order valence-corrected chi connectivity index (χ0v) is 21.6. The number of sulfonamides is 1. The van der Waals surface area contributed by atoms with Crippen molar-refractivity contribution in [3.8, 4) is 11.3 Å². The summed E-state index contributed by atoms with van der Waals surface area (Å²) in [6.45, 7) is 3.85. The summed E-state index contributed by atoms with van der Waals surface area (Å²) >= 11 is 0. The Hall–Kier alpha value is -2.86. The monoisotopic (exact) mass is 531 g/mol. The van der Waals surface area contributed by atoms with Crippen molar-refractivity contribution in [2.45, 2.75) is 38.5 Å². The molecule has 3 fully saturated rings. The third-order valence-corrected chi connectivity index (χ3v) is 8.66. The lowest BCUT2D eigenvalue weighted by atomic mass is 9.63. The Kier molecular flexibility index (Phi) is 6.06. The number of rotatable bonds is 7. The van der Waals surface area contributed by atoms with E-state index in [0.29, 0.717) is 29.8 Å². The van der Waals surface area contributed by atoms with Crippen LogP contribution in [0.3, 0.4) is 0 Å². The smallest absolute Gasteiger partial charge is 0.282 e. The molecule has 12 heteroatoms. The molecule has 3 aromatic rings. The number of fused-ring (bicyclic) bond motifs is 1. The minimum atomic E-state index is -3.26. The summed E-state index contributed by atoms with van der Waals surface area (Å²) in [6.07, 6.45) is 5.83. The van der Waals surface area contributed by atoms with Crippen molar-refractivity contribution in [3.05, 3.63) is 36.2 Å². The number of hydrogen-bond acceptors (Lipinski definition) is 7. The topological polar surface area (TPSA) is 95.7 Å². The van der Waals surface area contributed by atoms with Crippen LogP contribution in [0.5, 0.6) is 0 Å². The Balaban J connectivity index is 1.35. The van der Waals surface area contributed by atoms with Crippen LogP contribution in [0.4, 0.5) is 20.4 Å². The molecule has 0 bridgehead atoms. The molecule has 2 aliphatic heterocycles. The molecule has 1 unspecified atom stereocenters. The largest absolute Gasteiger partial charge is 0.356 e. The fraction of sp³-hybridized carbons (Fsp3) is 0.560. The van der Waals surface area contributed by atoms with Crippen LogP contribution in [0.1, 0.15) is 44.2 Å². The highest BCUT2D eigenvalue weighted by Crippen LogP contribution is 2.49. The second-order valence-electron chi connectivity index (χ2n) is 10.8. The average Bonchev–Trinajstić information content (AvgIpc) is 3.24. The number of pyridine rings is 1. The number of anilines is 2. The summed E-state index contributed by atoms with van der Waals surface area (Å²) in [5.74, 6) is 1.83. The first kappa shape index (κ1) is 24.5. The van der Waals surface area contributed by atoms with Crippen LogP contribution < -0.4 is 14.5 Å². The second kappa shape index (κ2) is 9.16. The maximum Gasteiger partial charge on any atom is 0.282 e. The predicted octanol–water partition coefficient (Wildman–Crippen LogP) is 3.48. The summed E-state index contributed by atoms with van der Waals surface area (Å²) in [4.78, 5) is 13.9. The molecule has 198 valence electrons. The number of hydrogen-bond donors (Lipinski definition) is 1. The number of imidazole rings is 1. The van der Waals surface area contributed by atoms with E-state index in [1.807, 2.05) is 12.1 Å². The Morgan fingerprint density at radius 3 is 2.57 bits per heavy atom. The van der Waals surface area contributed by atoms with E-state index in [1.54, 1.807) is 12.3 Å². The van der Waals surface area contributed by atoms with E-state index < -0.39 is 16.4 Å². The summed E-state index contributed by atoms with van der Waals surface area (Å²) < 4.78 is 54.1. The minimum absolute atomic E-state index is 0.172. The molecule has 3 aliphatic rings. The molecule has 0 aromatic carbocycles. The molecule has 2 saturated heterocycles. The second-order valence-corrected chi connectivity index (χ2v) is 12.7. The van der Waals surface area contributed by atoms with Gasteiger partial charge in [-0.25, -0.2) is 36.4 Å². The van der Waals surface area contributed by atoms with E-state index >= 15 is 0 Å². The number of piperidine rings is 1. The maximum atomic E-state index is 13.4. The zero-order valence-electron chi connectivity index (χ0n) is 20.8. The van der Waals surface area contributed by atoms with Gasteiger partial charge >= 0.3 is 0 Å². The van der Waals surface area contributed by atoms with Gasteiger partial charge in [0, 0.05) is 43.7 Å². The zero-order chi connectivity index (χ0) is 25.8. The van der Waals surface area contributed by atoms with E-state index in [1.165, 1.54) is 36.1 Å². The standard InChI is InChI=1S/C25H31F2N7O2S/c1-37(35,36)29-12-17-4-2-9-32(14-17)22-10-18(11-23(30-22)33-15-25(16-33)7-3-8-25)20-13-28-21-6-5-19(24(26)27)31-34(20)21/h5-6,10-11,13,17,24,29H,2-4,7-9,12,14-16H2,1H3. The molecule has 1 atom stereocenters. The van der Waals surface area contributed by atoms with Gasteiger partial charge in [-0.3, -0.25) is 0 Å². The van der Waals surface area contributed by atoms with Crippen molar-refractivity contribution in [2.24, 2.45) is 11.3 Å². The van der Waals surface area contributed by atoms with Gasteiger partial charge in [0.05, 0.1) is 18.1 Å². The number of aromatic nitrogens is 4. The summed E-state index contributed by atoms with van der Waals surface area (Å²) in [5, 5.41) is 4.16. The third-order valence-electron chi connectivity index (χ3n) is 7.97. The van der Waals surface area contributed by atoms with Crippen molar-refractivity contribution < 1.29 is 17.2 Å². The van der Waals surface area contributed by atoms with E-state index in [-0.39, 0.29) is 11.6 Å². The van der Waals surface area contributed by atoms with Crippen molar-refractivity contribution >= 4 is 27.3 Å². The Morgan fingerprint density at radius 2 is 1.89 bits per heavy atom. The van der Waals surface area contributed by atoms with Crippen LogP contribution in [0, 0.1) is 11.3 Å². The molecule has 9 nitrogen and oxygen atoms in total. The van der Waals surface area contributed by atoms with Crippen molar-refractivity contribution in [1.82, 2.24) is 24.3 Å². The van der Waals surface area contributed by atoms with Gasteiger partial charge in [-0.2, -0.15) is 5.10 Å². The van der Waals surface area contributed by atoms with Gasteiger partial charge in [0.2, 0.25) is 10.0 Å². The lowest BCUT2D eigenvalue weighted by Gasteiger charge is -2.56. The molecule has 1 saturated carbocycles. The fourth-order valence-corrected chi connectivity index (χ4v) is 6.34. The molecule has 1 N–H and O–H groups in total. The molecule has 0 amide bonds. The number of halogens is 2. The van der Waals surface area contributed by atoms with E-state index in [4.69, 9.17) is 4.98 Å². The molecular weight excluding hydrogens is 500 g/mol. The van der Waals surface area contributed by atoms with Gasteiger partial charge in [-0.05, 0) is 55.9 Å². The van der Waals surface area contributed by atoms with E-state index in [0.717, 1.165) is 49.7 Å². The fourth-order valence-electron chi connectivity index (χ4n) is 5.80.